The van der Waals surface area contributed by atoms with E-state index in [1.54, 1.807) is 0 Å². The predicted octanol–water partition coefficient (Wildman–Crippen LogP) is 4.32. The number of halogens is 2. The number of alkyl halides is 1. The summed E-state index contributed by atoms with van der Waals surface area (Å²) in [5, 5.41) is 9.01. The zero-order chi connectivity index (χ0) is 14.5. The third-order valence-electron chi connectivity index (χ3n) is 3.00. The molecule has 0 spiro atoms. The molecule has 0 saturated carbocycles. The largest absolute Gasteiger partial charge is 0.488 e. The van der Waals surface area contributed by atoms with Gasteiger partial charge in [-0.25, -0.2) is 4.39 Å². The van der Waals surface area contributed by atoms with E-state index in [2.05, 4.69) is 0 Å². The van der Waals surface area contributed by atoms with Crippen molar-refractivity contribution >= 4 is 11.6 Å². The number of nitrogens with zero attached hydrogens (tertiary/aromatic N) is 1. The molecule has 0 aliphatic carbocycles. The molecule has 0 heterocycles. The first-order valence-corrected chi connectivity index (χ1v) is 6.65. The fourth-order valence-corrected chi connectivity index (χ4v) is 2.18. The van der Waals surface area contributed by atoms with Crippen LogP contribution in [-0.4, -0.2) is 0 Å². The van der Waals surface area contributed by atoms with Crippen molar-refractivity contribution in [1.82, 2.24) is 0 Å². The highest BCUT2D eigenvalue weighted by molar-refractivity contribution is 6.17. The normalized spacial score (nSPS) is 10.1. The van der Waals surface area contributed by atoms with E-state index in [9.17, 15) is 4.39 Å². The van der Waals surface area contributed by atoms with Crippen LogP contribution in [0.4, 0.5) is 4.39 Å². The summed E-state index contributed by atoms with van der Waals surface area (Å²) in [5.74, 6) is 0.645. The zero-order valence-electron chi connectivity index (χ0n) is 11.0. The highest BCUT2D eigenvalue weighted by Crippen LogP contribution is 2.26. The molecule has 0 aliphatic rings. The molecular weight excluding hydrogens is 277 g/mol. The summed E-state index contributed by atoms with van der Waals surface area (Å²) < 4.78 is 19.0. The second kappa shape index (κ2) is 6.40. The molecule has 0 atom stereocenters. The third kappa shape index (κ3) is 3.09. The van der Waals surface area contributed by atoms with Crippen LogP contribution in [0.25, 0.3) is 0 Å². The highest BCUT2D eigenvalue weighted by atomic mass is 35.5. The molecule has 0 N–H and O–H groups in total. The van der Waals surface area contributed by atoms with Crippen molar-refractivity contribution in [3.05, 3.63) is 64.5 Å². The minimum absolute atomic E-state index is 0.134. The van der Waals surface area contributed by atoms with Gasteiger partial charge in [-0.1, -0.05) is 18.2 Å². The first kappa shape index (κ1) is 14.4. The lowest BCUT2D eigenvalue weighted by atomic mass is 10.1. The van der Waals surface area contributed by atoms with Gasteiger partial charge >= 0.3 is 0 Å². The van der Waals surface area contributed by atoms with Crippen LogP contribution in [0, 0.1) is 24.1 Å². The minimum Gasteiger partial charge on any atom is -0.488 e. The van der Waals surface area contributed by atoms with E-state index in [0.717, 1.165) is 11.1 Å². The lowest BCUT2D eigenvalue weighted by Crippen LogP contribution is -2.02. The fraction of sp³-hybridized carbons (Fsp3) is 0.188. The summed E-state index contributed by atoms with van der Waals surface area (Å²) in [4.78, 5) is 0. The van der Waals surface area contributed by atoms with Gasteiger partial charge in [0.1, 0.15) is 18.2 Å². The number of aryl methyl sites for hydroxylation is 1. The predicted molar refractivity (Wildman–Crippen MR) is 76.2 cm³/mol. The van der Waals surface area contributed by atoms with Crippen LogP contribution in [0.2, 0.25) is 0 Å². The summed E-state index contributed by atoms with van der Waals surface area (Å²) in [5.41, 5.74) is 2.77. The molecule has 2 nitrogen and oxygen atoms in total. The van der Waals surface area contributed by atoms with Gasteiger partial charge in [-0.15, -0.1) is 11.6 Å². The van der Waals surface area contributed by atoms with Crippen molar-refractivity contribution < 1.29 is 9.13 Å². The van der Waals surface area contributed by atoms with E-state index in [0.29, 0.717) is 22.8 Å². The molecule has 2 rings (SSSR count). The molecule has 2 aromatic rings. The van der Waals surface area contributed by atoms with E-state index in [1.807, 2.05) is 31.2 Å². The Morgan fingerprint density at radius 3 is 2.75 bits per heavy atom. The van der Waals surface area contributed by atoms with Crippen molar-refractivity contribution in [3.8, 4) is 11.8 Å². The lowest BCUT2D eigenvalue weighted by molar-refractivity contribution is 0.300. The molecule has 0 fully saturated rings. The maximum absolute atomic E-state index is 13.2. The Morgan fingerprint density at radius 1 is 1.25 bits per heavy atom. The number of para-hydroxylation sites is 1. The van der Waals surface area contributed by atoms with Crippen LogP contribution < -0.4 is 4.74 Å². The Bertz CT molecular complexity index is 664. The molecular formula is C16H13ClFNO. The van der Waals surface area contributed by atoms with E-state index in [-0.39, 0.29) is 12.4 Å². The third-order valence-corrected chi connectivity index (χ3v) is 3.29. The van der Waals surface area contributed by atoms with Crippen molar-refractivity contribution in [2.24, 2.45) is 0 Å². The first-order chi connectivity index (χ1) is 9.65. The van der Waals surface area contributed by atoms with Gasteiger partial charge in [0.2, 0.25) is 0 Å². The second-order valence-electron chi connectivity index (χ2n) is 4.40. The Kier molecular flexibility index (Phi) is 4.60. The minimum atomic E-state index is -0.384. The van der Waals surface area contributed by atoms with Crippen LogP contribution in [-0.2, 0) is 12.5 Å². The molecule has 4 heteroatoms. The monoisotopic (exact) mass is 289 g/mol. The average Bonchev–Trinajstić information content (AvgIpc) is 2.46. The Balaban J connectivity index is 2.26. The zero-order valence-corrected chi connectivity index (χ0v) is 11.7. The number of benzene rings is 2. The second-order valence-corrected chi connectivity index (χ2v) is 4.67. The molecule has 0 aromatic heterocycles. The van der Waals surface area contributed by atoms with E-state index >= 15 is 0 Å². The van der Waals surface area contributed by atoms with Gasteiger partial charge in [0.15, 0.2) is 0 Å². The first-order valence-electron chi connectivity index (χ1n) is 6.11. The average molecular weight is 290 g/mol. The Hall–Kier alpha value is -2.05. The van der Waals surface area contributed by atoms with Crippen LogP contribution in [0.1, 0.15) is 22.3 Å². The van der Waals surface area contributed by atoms with Gasteiger partial charge < -0.3 is 4.74 Å². The van der Waals surface area contributed by atoms with Crippen molar-refractivity contribution in [3.63, 3.8) is 0 Å². The van der Waals surface area contributed by atoms with Gasteiger partial charge in [0.25, 0.3) is 0 Å². The smallest absolute Gasteiger partial charge is 0.127 e. The quantitative estimate of drug-likeness (QED) is 0.785. The van der Waals surface area contributed by atoms with Gasteiger partial charge in [-0.2, -0.15) is 5.26 Å². The number of hydrogen-bond donors (Lipinski definition) is 0. The van der Waals surface area contributed by atoms with Crippen molar-refractivity contribution in [1.29, 1.82) is 5.26 Å². The summed E-state index contributed by atoms with van der Waals surface area (Å²) in [6.45, 7) is 2.05. The van der Waals surface area contributed by atoms with Crippen LogP contribution in [0.3, 0.4) is 0 Å². The molecule has 0 radical (unpaired) electrons. The molecule has 0 unspecified atom stereocenters. The van der Waals surface area contributed by atoms with Gasteiger partial charge in [-0.3, -0.25) is 0 Å². The highest BCUT2D eigenvalue weighted by Gasteiger charge is 2.09. The van der Waals surface area contributed by atoms with Gasteiger partial charge in [-0.05, 0) is 30.7 Å². The summed E-state index contributed by atoms with van der Waals surface area (Å²) in [6, 6.07) is 11.8. The summed E-state index contributed by atoms with van der Waals surface area (Å²) in [6.07, 6.45) is 0. The number of ether oxygens (including phenoxy) is 1. The van der Waals surface area contributed by atoms with Gasteiger partial charge in [0.05, 0.1) is 17.5 Å². The summed E-state index contributed by atoms with van der Waals surface area (Å²) in [7, 11) is 0. The van der Waals surface area contributed by atoms with E-state index in [4.69, 9.17) is 21.6 Å². The Labute approximate surface area is 122 Å². The molecule has 0 aliphatic heterocycles. The molecule has 0 saturated heterocycles. The van der Waals surface area contributed by atoms with Crippen molar-refractivity contribution in [2.45, 2.75) is 19.4 Å². The topological polar surface area (TPSA) is 33.0 Å². The number of nitriles is 1. The number of rotatable bonds is 4. The molecule has 20 heavy (non-hydrogen) atoms. The van der Waals surface area contributed by atoms with Crippen LogP contribution in [0.15, 0.2) is 36.4 Å². The lowest BCUT2D eigenvalue weighted by Gasteiger charge is -2.13. The fourth-order valence-electron chi connectivity index (χ4n) is 1.97. The molecule has 0 amide bonds. The maximum atomic E-state index is 13.2. The molecule has 2 aromatic carbocycles. The maximum Gasteiger partial charge on any atom is 0.127 e. The molecule has 102 valence electrons. The van der Waals surface area contributed by atoms with Gasteiger partial charge in [0, 0.05) is 11.1 Å². The standard InChI is InChI=1S/C16H13ClFNO/c1-11-3-2-4-12(8-17)16(11)20-10-14-7-15(18)6-5-13(14)9-19/h2-7H,8,10H2,1H3. The Morgan fingerprint density at radius 2 is 2.05 bits per heavy atom. The van der Waals surface area contributed by atoms with E-state index in [1.165, 1.54) is 18.2 Å². The molecule has 0 bridgehead atoms. The number of hydrogen-bond acceptors (Lipinski definition) is 2. The van der Waals surface area contributed by atoms with E-state index < -0.39 is 0 Å². The van der Waals surface area contributed by atoms with Crippen LogP contribution in [0.5, 0.6) is 5.75 Å². The SMILES string of the molecule is Cc1cccc(CCl)c1OCc1cc(F)ccc1C#N. The van der Waals surface area contributed by atoms with Crippen LogP contribution >= 0.6 is 11.6 Å². The summed E-state index contributed by atoms with van der Waals surface area (Å²) >= 11 is 5.88. The van der Waals surface area contributed by atoms with Crippen molar-refractivity contribution in [2.75, 3.05) is 0 Å².